The number of hydrogen-bond donors (Lipinski definition) is 2. The molecule has 0 aliphatic carbocycles. The van der Waals surface area contributed by atoms with Gasteiger partial charge in [0.2, 0.25) is 0 Å². The van der Waals surface area contributed by atoms with Crippen LogP contribution in [0, 0.1) is 5.92 Å². The van der Waals surface area contributed by atoms with E-state index in [4.69, 9.17) is 0 Å². The Morgan fingerprint density at radius 2 is 2.12 bits per heavy atom. The summed E-state index contributed by atoms with van der Waals surface area (Å²) in [6.45, 7) is 4.35. The van der Waals surface area contributed by atoms with Gasteiger partial charge in [0, 0.05) is 60.9 Å². The molecular weight excluding hydrogens is 334 g/mol. The quantitative estimate of drug-likeness (QED) is 0.887. The van der Waals surface area contributed by atoms with Crippen LogP contribution in [0.1, 0.15) is 29.9 Å². The zero-order valence-electron chi connectivity index (χ0n) is 14.9. The molecule has 1 amide bonds. The molecule has 0 fully saturated rings. The van der Waals surface area contributed by atoms with E-state index in [1.54, 1.807) is 24.5 Å². The first kappa shape index (κ1) is 17.6. The third kappa shape index (κ3) is 3.57. The number of carbonyl (C=O) groups is 1. The van der Waals surface area contributed by atoms with Gasteiger partial charge in [-0.05, 0) is 18.1 Å². The Labute approximate surface area is 150 Å². The maximum Gasteiger partial charge on any atom is 0.272 e. The van der Waals surface area contributed by atoms with Crippen molar-refractivity contribution in [3.8, 4) is 0 Å². The molecule has 2 N–H and O–H groups in total. The molecule has 0 spiro atoms. The molecule has 3 rings (SSSR count). The molecule has 0 saturated heterocycles. The summed E-state index contributed by atoms with van der Waals surface area (Å²) in [5.74, 6) is 0.308. The number of anilines is 1. The van der Waals surface area contributed by atoms with Crippen molar-refractivity contribution in [3.63, 3.8) is 0 Å². The van der Waals surface area contributed by atoms with Crippen LogP contribution in [0.25, 0.3) is 6.08 Å². The Balaban J connectivity index is 2.01. The lowest BCUT2D eigenvalue weighted by Crippen LogP contribution is -2.32. The second-order valence-corrected chi connectivity index (χ2v) is 7.88. The van der Waals surface area contributed by atoms with Gasteiger partial charge in [-0.2, -0.15) is 0 Å². The number of aryl methyl sites for hydroxylation is 1. The standard InChI is InChI=1S/C18H23N5OS/c1-12(2)15-6-5-14-16(25(19-3)22-15)11-23(4)17(14)18(24)21-13-7-9-20-10-8-13/h5-12,15H,1-4H3,(H,19,22)(H,20,21,24). The maximum atomic E-state index is 12.9. The molecule has 3 heterocycles. The van der Waals surface area contributed by atoms with Crippen molar-refractivity contribution in [1.29, 1.82) is 0 Å². The number of rotatable bonds is 3. The predicted molar refractivity (Wildman–Crippen MR) is 102 cm³/mol. The van der Waals surface area contributed by atoms with Crippen LogP contribution in [0.3, 0.4) is 0 Å². The van der Waals surface area contributed by atoms with Gasteiger partial charge in [0.1, 0.15) is 5.69 Å². The van der Waals surface area contributed by atoms with Gasteiger partial charge < -0.3 is 9.88 Å². The number of fused-ring (bicyclic) bond motifs is 1. The summed E-state index contributed by atoms with van der Waals surface area (Å²) in [7, 11) is 3.26. The van der Waals surface area contributed by atoms with Gasteiger partial charge in [-0.1, -0.05) is 26.0 Å². The molecular formula is C18H23N5OS. The first-order valence-corrected chi connectivity index (χ1v) is 9.38. The highest BCUT2D eigenvalue weighted by Crippen LogP contribution is 2.27. The molecule has 25 heavy (non-hydrogen) atoms. The third-order valence-corrected chi connectivity index (χ3v) is 5.77. The lowest BCUT2D eigenvalue weighted by molar-refractivity contribution is 0.101. The van der Waals surface area contributed by atoms with Crippen LogP contribution in [0.4, 0.5) is 5.69 Å². The van der Waals surface area contributed by atoms with Gasteiger partial charge in [-0.15, -0.1) is 0 Å². The van der Waals surface area contributed by atoms with E-state index in [1.807, 2.05) is 30.9 Å². The van der Waals surface area contributed by atoms with Crippen molar-refractivity contribution < 1.29 is 4.79 Å². The number of nitrogens with zero attached hydrogens (tertiary/aromatic N) is 3. The normalized spacial score (nSPS) is 19.7. The van der Waals surface area contributed by atoms with E-state index in [2.05, 4.69) is 39.3 Å². The molecule has 1 aliphatic heterocycles. The largest absolute Gasteiger partial charge is 0.345 e. The number of amides is 1. The van der Waals surface area contributed by atoms with E-state index in [9.17, 15) is 4.79 Å². The Morgan fingerprint density at radius 3 is 2.76 bits per heavy atom. The minimum Gasteiger partial charge on any atom is -0.345 e. The molecule has 0 radical (unpaired) electrons. The van der Waals surface area contributed by atoms with Crippen LogP contribution in [0.2, 0.25) is 0 Å². The lowest BCUT2D eigenvalue weighted by Gasteiger charge is -2.18. The van der Waals surface area contributed by atoms with Crippen LogP contribution in [0.15, 0.2) is 46.1 Å². The highest BCUT2D eigenvalue weighted by molar-refractivity contribution is 7.85. The van der Waals surface area contributed by atoms with Gasteiger partial charge in [0.25, 0.3) is 5.91 Å². The number of nitrogens with one attached hydrogen (secondary N) is 2. The fourth-order valence-corrected chi connectivity index (χ4v) is 4.45. The van der Waals surface area contributed by atoms with E-state index in [-0.39, 0.29) is 11.9 Å². The molecule has 0 aromatic carbocycles. The summed E-state index contributed by atoms with van der Waals surface area (Å²) in [6.07, 6.45) is 9.49. The van der Waals surface area contributed by atoms with Gasteiger partial charge >= 0.3 is 0 Å². The van der Waals surface area contributed by atoms with Crippen LogP contribution in [-0.2, 0) is 17.9 Å². The highest BCUT2D eigenvalue weighted by atomic mass is 32.2. The van der Waals surface area contributed by atoms with E-state index in [0.29, 0.717) is 11.6 Å². The fraction of sp³-hybridized carbons (Fsp3) is 0.333. The summed E-state index contributed by atoms with van der Waals surface area (Å²) in [5, 5.41) is 2.94. The summed E-state index contributed by atoms with van der Waals surface area (Å²) >= 11 is 0. The number of pyridine rings is 1. The zero-order chi connectivity index (χ0) is 18.0. The average molecular weight is 357 g/mol. The molecule has 132 valence electrons. The van der Waals surface area contributed by atoms with Gasteiger partial charge in [-0.25, -0.2) is 9.08 Å². The van der Waals surface area contributed by atoms with Crippen molar-refractivity contribution in [1.82, 2.24) is 14.3 Å². The van der Waals surface area contributed by atoms with Gasteiger partial charge in [-0.3, -0.25) is 9.78 Å². The topological polar surface area (TPSA) is 71.3 Å². The molecule has 2 aromatic rings. The van der Waals surface area contributed by atoms with Crippen LogP contribution in [0.5, 0.6) is 0 Å². The predicted octanol–water partition coefficient (Wildman–Crippen LogP) is 3.02. The number of hydrogen-bond acceptors (Lipinski definition) is 3. The van der Waals surface area contributed by atoms with Crippen molar-refractivity contribution in [2.45, 2.75) is 24.8 Å². The lowest BCUT2D eigenvalue weighted by atomic mass is 10.0. The van der Waals surface area contributed by atoms with E-state index in [0.717, 1.165) is 16.1 Å². The summed E-state index contributed by atoms with van der Waals surface area (Å²) < 4.78 is 9.94. The zero-order valence-corrected chi connectivity index (χ0v) is 15.7. The number of carbonyl (C=O) groups excluding carboxylic acids is 1. The Kier molecular flexibility index (Phi) is 5.15. The van der Waals surface area contributed by atoms with E-state index >= 15 is 0 Å². The SMILES string of the molecule is CN=S1NC(C(C)C)C=Cc2c1cn(C)c2C(=O)Nc1ccncc1. The second-order valence-electron chi connectivity index (χ2n) is 6.27. The summed E-state index contributed by atoms with van der Waals surface area (Å²) in [4.78, 5) is 17.9. The first-order chi connectivity index (χ1) is 12.0. The third-order valence-electron chi connectivity index (χ3n) is 4.16. The van der Waals surface area contributed by atoms with Crippen LogP contribution < -0.4 is 10.0 Å². The van der Waals surface area contributed by atoms with Gasteiger partial charge in [0.05, 0.1) is 4.90 Å². The summed E-state index contributed by atoms with van der Waals surface area (Å²) in [6, 6.07) is 3.77. The monoisotopic (exact) mass is 357 g/mol. The van der Waals surface area contributed by atoms with Crippen LogP contribution in [-0.4, -0.2) is 28.5 Å². The maximum absolute atomic E-state index is 12.9. The minimum absolute atomic E-state index is 0.137. The molecule has 2 atom stereocenters. The second kappa shape index (κ2) is 7.33. The molecule has 1 aliphatic rings. The van der Waals surface area contributed by atoms with Crippen LogP contribution >= 0.6 is 0 Å². The molecule has 6 nitrogen and oxygen atoms in total. The van der Waals surface area contributed by atoms with E-state index in [1.165, 1.54) is 0 Å². The first-order valence-electron chi connectivity index (χ1n) is 8.20. The summed E-state index contributed by atoms with van der Waals surface area (Å²) in [5.41, 5.74) is 2.29. The Hall–Kier alpha value is -2.25. The Morgan fingerprint density at radius 1 is 1.40 bits per heavy atom. The Bertz CT molecular complexity index is 839. The fourth-order valence-electron chi connectivity index (χ4n) is 2.78. The smallest absolute Gasteiger partial charge is 0.272 e. The van der Waals surface area contributed by atoms with Crippen molar-refractivity contribution >= 4 is 28.5 Å². The van der Waals surface area contributed by atoms with Gasteiger partial charge in [0.15, 0.2) is 0 Å². The van der Waals surface area contributed by atoms with Crippen molar-refractivity contribution in [2.75, 3.05) is 12.4 Å². The van der Waals surface area contributed by atoms with Crippen molar-refractivity contribution in [3.05, 3.63) is 48.1 Å². The average Bonchev–Trinajstić information content (AvgIpc) is 2.81. The molecule has 2 aromatic heterocycles. The minimum atomic E-state index is -0.445. The molecule has 7 heteroatoms. The molecule has 0 saturated carbocycles. The highest BCUT2D eigenvalue weighted by Gasteiger charge is 2.25. The molecule has 0 bridgehead atoms. The molecule has 2 unspecified atom stereocenters. The van der Waals surface area contributed by atoms with E-state index < -0.39 is 10.9 Å². The number of aromatic nitrogens is 2. The van der Waals surface area contributed by atoms with Crippen molar-refractivity contribution in [2.24, 2.45) is 17.3 Å².